The van der Waals surface area contributed by atoms with Crippen LogP contribution >= 0.6 is 0 Å². The van der Waals surface area contributed by atoms with Crippen LogP contribution in [0, 0.1) is 29.6 Å². The molecule has 4 bridgehead atoms. The number of rotatable bonds is 3. The van der Waals surface area contributed by atoms with Crippen LogP contribution in [0.15, 0.2) is 6.07 Å². The van der Waals surface area contributed by atoms with E-state index < -0.39 is 0 Å². The lowest BCUT2D eigenvalue weighted by atomic mass is 9.51. The number of aryl methyl sites for hydroxylation is 2. The number of anilines is 1. The molecule has 3 nitrogen and oxygen atoms in total. The predicted molar refractivity (Wildman–Crippen MR) is 76.5 cm³/mol. The highest BCUT2D eigenvalue weighted by molar-refractivity contribution is 5.30. The van der Waals surface area contributed by atoms with Gasteiger partial charge in [-0.1, -0.05) is 0 Å². The molecule has 1 heterocycles. The summed E-state index contributed by atoms with van der Waals surface area (Å²) in [5.41, 5.74) is 7.05. The summed E-state index contributed by atoms with van der Waals surface area (Å²) in [6.45, 7) is 0. The van der Waals surface area contributed by atoms with Gasteiger partial charge in [0.05, 0.1) is 5.69 Å². The first-order valence-corrected chi connectivity index (χ1v) is 7.97. The molecule has 1 aromatic heterocycles. The fourth-order valence-corrected chi connectivity index (χ4v) is 5.49. The Kier molecular flexibility index (Phi) is 2.64. The lowest BCUT2D eigenvalue weighted by Gasteiger charge is -2.54. The zero-order valence-corrected chi connectivity index (χ0v) is 11.9. The minimum Gasteiger partial charge on any atom is -0.384 e. The lowest BCUT2D eigenvalue weighted by molar-refractivity contribution is -0.0395. The zero-order valence-electron chi connectivity index (χ0n) is 11.9. The van der Waals surface area contributed by atoms with Crippen LogP contribution in [0.5, 0.6) is 0 Å². The molecule has 0 aromatic carbocycles. The average molecular weight is 259 g/mol. The van der Waals surface area contributed by atoms with Gasteiger partial charge in [-0.25, -0.2) is 0 Å². The lowest BCUT2D eigenvalue weighted by Crippen LogP contribution is -2.45. The topological polar surface area (TPSA) is 43.8 Å². The first-order valence-electron chi connectivity index (χ1n) is 7.97. The van der Waals surface area contributed by atoms with Gasteiger partial charge in [0.15, 0.2) is 0 Å². The van der Waals surface area contributed by atoms with Crippen molar-refractivity contribution in [3.8, 4) is 0 Å². The van der Waals surface area contributed by atoms with Gasteiger partial charge in [0.1, 0.15) is 5.82 Å². The molecule has 0 unspecified atom stereocenters. The Labute approximate surface area is 115 Å². The molecular weight excluding hydrogens is 234 g/mol. The van der Waals surface area contributed by atoms with Gasteiger partial charge < -0.3 is 5.73 Å². The van der Waals surface area contributed by atoms with E-state index in [-0.39, 0.29) is 0 Å². The number of nitrogen functional groups attached to an aromatic ring is 1. The Bertz CT molecular complexity index is 429. The number of hydrogen-bond donors (Lipinski definition) is 1. The van der Waals surface area contributed by atoms with E-state index in [1.807, 2.05) is 7.05 Å². The van der Waals surface area contributed by atoms with Crippen LogP contribution in [0.25, 0.3) is 0 Å². The van der Waals surface area contributed by atoms with E-state index >= 15 is 0 Å². The number of hydrogen-bond acceptors (Lipinski definition) is 2. The maximum absolute atomic E-state index is 5.87. The van der Waals surface area contributed by atoms with Crippen molar-refractivity contribution >= 4 is 5.82 Å². The molecule has 0 aliphatic heterocycles. The van der Waals surface area contributed by atoms with Gasteiger partial charge in [-0.15, -0.1) is 0 Å². The molecule has 0 radical (unpaired) electrons. The molecular formula is C16H25N3. The summed E-state index contributed by atoms with van der Waals surface area (Å²) < 4.78 is 1.80. The second-order valence-corrected chi connectivity index (χ2v) is 7.32. The van der Waals surface area contributed by atoms with Crippen molar-refractivity contribution in [1.29, 1.82) is 0 Å². The summed E-state index contributed by atoms with van der Waals surface area (Å²) in [6, 6.07) is 2.05. The highest BCUT2D eigenvalue weighted by Gasteiger charge is 2.47. The second kappa shape index (κ2) is 4.26. The van der Waals surface area contributed by atoms with Crippen LogP contribution in [0.1, 0.15) is 44.2 Å². The smallest absolute Gasteiger partial charge is 0.121 e. The standard InChI is InChI=1S/C16H25N3/c1-19-16(17)9-14(18-19)2-3-15-12-5-10-4-11(7-12)8-13(15)6-10/h9-13,15H,2-8,17H2,1H3. The summed E-state index contributed by atoms with van der Waals surface area (Å²) in [6.07, 6.45) is 10.1. The van der Waals surface area contributed by atoms with Gasteiger partial charge in [-0.2, -0.15) is 5.10 Å². The van der Waals surface area contributed by atoms with Gasteiger partial charge in [0, 0.05) is 13.1 Å². The monoisotopic (exact) mass is 259 g/mol. The number of nitrogens with two attached hydrogens (primary N) is 1. The van der Waals surface area contributed by atoms with Crippen molar-refractivity contribution in [3.05, 3.63) is 11.8 Å². The van der Waals surface area contributed by atoms with Gasteiger partial charge in [-0.05, 0) is 74.5 Å². The summed E-state index contributed by atoms with van der Waals surface area (Å²) in [4.78, 5) is 0. The maximum atomic E-state index is 5.87. The molecule has 0 spiro atoms. The quantitative estimate of drug-likeness (QED) is 0.907. The van der Waals surface area contributed by atoms with Crippen molar-refractivity contribution in [1.82, 2.24) is 9.78 Å². The Morgan fingerprint density at radius 1 is 1.16 bits per heavy atom. The third kappa shape index (κ3) is 1.98. The summed E-state index contributed by atoms with van der Waals surface area (Å²) in [7, 11) is 1.93. The van der Waals surface area contributed by atoms with Gasteiger partial charge >= 0.3 is 0 Å². The molecule has 5 rings (SSSR count). The molecule has 104 valence electrons. The summed E-state index contributed by atoms with van der Waals surface area (Å²) in [5.74, 6) is 6.03. The third-order valence-electron chi connectivity index (χ3n) is 6.12. The van der Waals surface area contributed by atoms with Crippen LogP contribution < -0.4 is 5.73 Å². The Balaban J connectivity index is 1.43. The van der Waals surface area contributed by atoms with Gasteiger partial charge in [0.25, 0.3) is 0 Å². The van der Waals surface area contributed by atoms with E-state index in [2.05, 4.69) is 11.2 Å². The van der Waals surface area contributed by atoms with E-state index in [1.165, 1.54) is 37.8 Å². The van der Waals surface area contributed by atoms with Crippen LogP contribution in [-0.2, 0) is 13.5 Å². The molecule has 4 saturated carbocycles. The molecule has 2 N–H and O–H groups in total. The first kappa shape index (κ1) is 11.8. The number of aromatic nitrogens is 2. The Morgan fingerprint density at radius 3 is 2.32 bits per heavy atom. The van der Waals surface area contributed by atoms with E-state index in [4.69, 9.17) is 5.73 Å². The first-order chi connectivity index (χ1) is 9.19. The molecule has 1 aromatic rings. The van der Waals surface area contributed by atoms with Crippen molar-refractivity contribution in [2.24, 2.45) is 36.6 Å². The second-order valence-electron chi connectivity index (χ2n) is 7.32. The summed E-state index contributed by atoms with van der Waals surface area (Å²) in [5, 5.41) is 4.50. The van der Waals surface area contributed by atoms with Crippen LogP contribution in [-0.4, -0.2) is 9.78 Å². The Hall–Kier alpha value is -0.990. The largest absolute Gasteiger partial charge is 0.384 e. The fraction of sp³-hybridized carbons (Fsp3) is 0.812. The average Bonchev–Trinajstić information content (AvgIpc) is 2.67. The predicted octanol–water partition coefficient (Wildman–Crippen LogP) is 3.01. The van der Waals surface area contributed by atoms with Crippen molar-refractivity contribution in [2.45, 2.75) is 44.9 Å². The molecule has 4 fully saturated rings. The highest BCUT2D eigenvalue weighted by Crippen LogP contribution is 2.57. The van der Waals surface area contributed by atoms with E-state index in [9.17, 15) is 0 Å². The van der Waals surface area contributed by atoms with Crippen molar-refractivity contribution in [2.75, 3.05) is 5.73 Å². The van der Waals surface area contributed by atoms with E-state index in [1.54, 1.807) is 11.1 Å². The van der Waals surface area contributed by atoms with Crippen molar-refractivity contribution < 1.29 is 0 Å². The van der Waals surface area contributed by atoms with Crippen LogP contribution in [0.4, 0.5) is 5.82 Å². The SMILES string of the molecule is Cn1nc(CCC2C3CC4CC(C3)CC2C4)cc1N. The van der Waals surface area contributed by atoms with Crippen molar-refractivity contribution in [3.63, 3.8) is 0 Å². The molecule has 0 atom stereocenters. The maximum Gasteiger partial charge on any atom is 0.121 e. The van der Waals surface area contributed by atoms with Crippen LogP contribution in [0.3, 0.4) is 0 Å². The molecule has 0 saturated heterocycles. The number of nitrogens with zero attached hydrogens (tertiary/aromatic N) is 2. The van der Waals surface area contributed by atoms with Gasteiger partial charge in [-0.3, -0.25) is 4.68 Å². The third-order valence-corrected chi connectivity index (χ3v) is 6.12. The highest BCUT2D eigenvalue weighted by atomic mass is 15.3. The molecule has 4 aliphatic rings. The zero-order chi connectivity index (χ0) is 13.0. The minimum atomic E-state index is 0.792. The normalized spacial score (nSPS) is 39.9. The molecule has 3 heteroatoms. The fourth-order valence-electron chi connectivity index (χ4n) is 5.49. The molecule has 4 aliphatic carbocycles. The molecule has 19 heavy (non-hydrogen) atoms. The minimum absolute atomic E-state index is 0.792. The molecule has 0 amide bonds. The van der Waals surface area contributed by atoms with E-state index in [0.29, 0.717) is 0 Å². The van der Waals surface area contributed by atoms with Gasteiger partial charge in [0.2, 0.25) is 0 Å². The van der Waals surface area contributed by atoms with Crippen LogP contribution in [0.2, 0.25) is 0 Å². The van der Waals surface area contributed by atoms with E-state index in [0.717, 1.165) is 41.8 Å². The summed E-state index contributed by atoms with van der Waals surface area (Å²) >= 11 is 0. The Morgan fingerprint density at radius 2 is 1.79 bits per heavy atom.